The number of anilines is 1. The van der Waals surface area contributed by atoms with E-state index in [1.54, 1.807) is 54.0 Å². The Hall–Kier alpha value is -4.18. The number of nitriles is 1. The summed E-state index contributed by atoms with van der Waals surface area (Å²) in [6.45, 7) is 2.05. The standard InChI is InChI=1S/C29H29N3O4/c1-2-27(33)36-24-15-13-23(14-16-24)31-28(34)25-17-22-7-5-3-4-6-8-26(22)32(29(25)35)19-21-11-9-20(18-30)10-12-21/h9-17H,2-8,19H2,1H3,(H,31,34). The summed E-state index contributed by atoms with van der Waals surface area (Å²) in [6.07, 6.45) is 6.15. The molecular formula is C29H29N3O4. The Labute approximate surface area is 210 Å². The number of nitrogens with zero attached hydrogens (tertiary/aromatic N) is 2. The van der Waals surface area contributed by atoms with E-state index in [0.29, 0.717) is 23.5 Å². The van der Waals surface area contributed by atoms with Gasteiger partial charge < -0.3 is 14.6 Å². The molecule has 0 atom stereocenters. The van der Waals surface area contributed by atoms with E-state index in [1.165, 1.54) is 0 Å². The molecule has 1 heterocycles. The summed E-state index contributed by atoms with van der Waals surface area (Å²) in [5.41, 5.74) is 3.76. The van der Waals surface area contributed by atoms with Crippen LogP contribution in [0.2, 0.25) is 0 Å². The van der Waals surface area contributed by atoms with Gasteiger partial charge in [0.15, 0.2) is 0 Å². The predicted molar refractivity (Wildman–Crippen MR) is 137 cm³/mol. The number of rotatable bonds is 6. The third-order valence-electron chi connectivity index (χ3n) is 6.40. The van der Waals surface area contributed by atoms with Gasteiger partial charge in [0.2, 0.25) is 0 Å². The molecular weight excluding hydrogens is 454 g/mol. The Kier molecular flexibility index (Phi) is 7.96. The molecule has 7 nitrogen and oxygen atoms in total. The molecule has 0 unspecified atom stereocenters. The molecule has 36 heavy (non-hydrogen) atoms. The Morgan fingerprint density at radius 3 is 2.36 bits per heavy atom. The van der Waals surface area contributed by atoms with Crippen LogP contribution in [0.5, 0.6) is 5.75 Å². The van der Waals surface area contributed by atoms with Crippen molar-refractivity contribution in [2.75, 3.05) is 5.32 Å². The first-order valence-electron chi connectivity index (χ1n) is 12.3. The summed E-state index contributed by atoms with van der Waals surface area (Å²) in [6, 6.07) is 17.5. The molecule has 0 saturated carbocycles. The molecule has 184 valence electrons. The minimum atomic E-state index is -0.475. The largest absolute Gasteiger partial charge is 0.427 e. The maximum atomic E-state index is 13.6. The molecule has 2 aromatic carbocycles. The van der Waals surface area contributed by atoms with E-state index in [1.807, 2.05) is 12.1 Å². The van der Waals surface area contributed by atoms with E-state index < -0.39 is 5.91 Å². The van der Waals surface area contributed by atoms with Crippen LogP contribution in [0.1, 0.15) is 71.8 Å². The fraction of sp³-hybridized carbons (Fsp3) is 0.310. The average molecular weight is 484 g/mol. The maximum absolute atomic E-state index is 13.6. The molecule has 1 aliphatic rings. The lowest BCUT2D eigenvalue weighted by atomic mass is 9.95. The number of nitrogens with one attached hydrogen (secondary N) is 1. The highest BCUT2D eigenvalue weighted by Gasteiger charge is 2.21. The number of fused-ring (bicyclic) bond motifs is 1. The van der Waals surface area contributed by atoms with Gasteiger partial charge >= 0.3 is 5.97 Å². The summed E-state index contributed by atoms with van der Waals surface area (Å²) in [7, 11) is 0. The monoisotopic (exact) mass is 483 g/mol. The Morgan fingerprint density at radius 2 is 1.69 bits per heavy atom. The number of esters is 1. The van der Waals surface area contributed by atoms with Gasteiger partial charge in [-0.15, -0.1) is 0 Å². The van der Waals surface area contributed by atoms with Crippen LogP contribution in [-0.4, -0.2) is 16.4 Å². The van der Waals surface area contributed by atoms with Gasteiger partial charge in [-0.2, -0.15) is 5.26 Å². The van der Waals surface area contributed by atoms with Crippen LogP contribution in [0, 0.1) is 11.3 Å². The normalized spacial score (nSPS) is 13.0. The lowest BCUT2D eigenvalue weighted by molar-refractivity contribution is -0.134. The molecule has 0 fully saturated rings. The predicted octanol–water partition coefficient (Wildman–Crippen LogP) is 4.99. The number of benzene rings is 2. The van der Waals surface area contributed by atoms with Gasteiger partial charge in [0.25, 0.3) is 11.5 Å². The molecule has 1 amide bonds. The highest BCUT2D eigenvalue weighted by Crippen LogP contribution is 2.22. The summed E-state index contributed by atoms with van der Waals surface area (Å²) in [5.74, 6) is -0.419. The number of ether oxygens (including phenoxy) is 1. The molecule has 0 radical (unpaired) electrons. The summed E-state index contributed by atoms with van der Waals surface area (Å²) in [5, 5.41) is 11.9. The first-order chi connectivity index (χ1) is 17.5. The van der Waals surface area contributed by atoms with E-state index >= 15 is 0 Å². The van der Waals surface area contributed by atoms with E-state index in [2.05, 4.69) is 11.4 Å². The smallest absolute Gasteiger partial charge is 0.310 e. The number of aryl methyl sites for hydroxylation is 1. The van der Waals surface area contributed by atoms with Crippen molar-refractivity contribution in [3.8, 4) is 11.8 Å². The first kappa shape index (κ1) is 24.9. The van der Waals surface area contributed by atoms with E-state index in [9.17, 15) is 14.4 Å². The molecule has 3 aromatic rings. The fourth-order valence-electron chi connectivity index (χ4n) is 4.44. The molecule has 0 aliphatic heterocycles. The average Bonchev–Trinajstić information content (AvgIpc) is 2.88. The molecule has 1 aromatic heterocycles. The number of carbonyl (C=O) groups excluding carboxylic acids is 2. The second-order valence-corrected chi connectivity index (χ2v) is 8.95. The molecule has 1 aliphatic carbocycles. The van der Waals surface area contributed by atoms with Crippen LogP contribution < -0.4 is 15.6 Å². The van der Waals surface area contributed by atoms with Crippen LogP contribution in [0.3, 0.4) is 0 Å². The number of pyridine rings is 1. The van der Waals surface area contributed by atoms with Crippen LogP contribution in [0.4, 0.5) is 5.69 Å². The molecule has 1 N–H and O–H groups in total. The molecule has 0 saturated heterocycles. The quantitative estimate of drug-likeness (QED) is 0.393. The van der Waals surface area contributed by atoms with Gasteiger partial charge in [-0.05, 0) is 79.3 Å². The van der Waals surface area contributed by atoms with Crippen molar-refractivity contribution < 1.29 is 14.3 Å². The second kappa shape index (κ2) is 11.5. The SMILES string of the molecule is CCC(=O)Oc1ccc(NC(=O)c2cc3c(n(Cc4ccc(C#N)cc4)c2=O)CCCCCC3)cc1. The zero-order chi connectivity index (χ0) is 25.5. The Morgan fingerprint density at radius 1 is 1.00 bits per heavy atom. The number of hydrogen-bond acceptors (Lipinski definition) is 5. The molecule has 7 heteroatoms. The zero-order valence-corrected chi connectivity index (χ0v) is 20.4. The van der Waals surface area contributed by atoms with E-state index in [-0.39, 0.29) is 23.5 Å². The van der Waals surface area contributed by atoms with Gasteiger partial charge in [0, 0.05) is 17.8 Å². The van der Waals surface area contributed by atoms with Gasteiger partial charge in [0.05, 0.1) is 18.2 Å². The minimum absolute atomic E-state index is 0.101. The van der Waals surface area contributed by atoms with E-state index in [4.69, 9.17) is 10.00 Å². The zero-order valence-electron chi connectivity index (χ0n) is 20.4. The topological polar surface area (TPSA) is 101 Å². The number of hydrogen-bond donors (Lipinski definition) is 1. The molecule has 0 bridgehead atoms. The minimum Gasteiger partial charge on any atom is -0.427 e. The highest BCUT2D eigenvalue weighted by molar-refractivity contribution is 6.04. The van der Waals surface area contributed by atoms with Crippen molar-refractivity contribution in [3.05, 3.63) is 92.9 Å². The van der Waals surface area contributed by atoms with Crippen molar-refractivity contribution in [3.63, 3.8) is 0 Å². The van der Waals surface area contributed by atoms with Crippen molar-refractivity contribution in [1.29, 1.82) is 5.26 Å². The van der Waals surface area contributed by atoms with Crippen LogP contribution in [0.25, 0.3) is 0 Å². The summed E-state index contributed by atoms with van der Waals surface area (Å²) < 4.78 is 6.90. The van der Waals surface area contributed by atoms with Crippen molar-refractivity contribution >= 4 is 17.6 Å². The van der Waals surface area contributed by atoms with Crippen molar-refractivity contribution in [2.24, 2.45) is 0 Å². The summed E-state index contributed by atoms with van der Waals surface area (Å²) >= 11 is 0. The number of amides is 1. The van der Waals surface area contributed by atoms with E-state index in [0.717, 1.165) is 55.3 Å². The van der Waals surface area contributed by atoms with Gasteiger partial charge in [-0.1, -0.05) is 31.9 Å². The van der Waals surface area contributed by atoms with Gasteiger partial charge in [-0.25, -0.2) is 0 Å². The summed E-state index contributed by atoms with van der Waals surface area (Å²) in [4.78, 5) is 38.3. The molecule has 0 spiro atoms. The third-order valence-corrected chi connectivity index (χ3v) is 6.40. The van der Waals surface area contributed by atoms with Crippen LogP contribution >= 0.6 is 0 Å². The van der Waals surface area contributed by atoms with Crippen molar-refractivity contribution in [1.82, 2.24) is 4.57 Å². The van der Waals surface area contributed by atoms with Crippen molar-refractivity contribution in [2.45, 2.75) is 58.4 Å². The van der Waals surface area contributed by atoms with Crippen LogP contribution in [-0.2, 0) is 24.2 Å². The Balaban J connectivity index is 1.65. The maximum Gasteiger partial charge on any atom is 0.310 e. The van der Waals surface area contributed by atoms with Crippen LogP contribution in [0.15, 0.2) is 59.4 Å². The third kappa shape index (κ3) is 5.89. The van der Waals surface area contributed by atoms with Gasteiger partial charge in [-0.3, -0.25) is 14.4 Å². The lowest BCUT2D eigenvalue weighted by Gasteiger charge is -2.21. The first-order valence-corrected chi connectivity index (χ1v) is 12.3. The second-order valence-electron chi connectivity index (χ2n) is 8.95. The lowest BCUT2D eigenvalue weighted by Crippen LogP contribution is -2.33. The van der Waals surface area contributed by atoms with Gasteiger partial charge in [0.1, 0.15) is 11.3 Å². The number of carbonyl (C=O) groups is 2. The molecule has 4 rings (SSSR count). The number of aromatic nitrogens is 1. The highest BCUT2D eigenvalue weighted by atomic mass is 16.5. The fourth-order valence-corrected chi connectivity index (χ4v) is 4.44. The Bertz CT molecular complexity index is 1350.